The van der Waals surface area contributed by atoms with E-state index in [0.717, 1.165) is 23.1 Å². The molecule has 0 spiro atoms. The lowest BCUT2D eigenvalue weighted by Crippen LogP contribution is -2.34. The van der Waals surface area contributed by atoms with Crippen molar-refractivity contribution >= 4 is 17.6 Å². The Morgan fingerprint density at radius 2 is 2.22 bits per heavy atom. The number of nitro benzene ring substituents is 1. The average molecular weight is 253 g/mol. The molecule has 94 valence electrons. The predicted molar refractivity (Wildman–Crippen MR) is 57.5 cm³/mol. The molecule has 1 aliphatic rings. The summed E-state index contributed by atoms with van der Waals surface area (Å²) < 4.78 is 13.3. The third-order valence-corrected chi connectivity index (χ3v) is 2.49. The highest BCUT2D eigenvalue weighted by Crippen LogP contribution is 2.19. The summed E-state index contributed by atoms with van der Waals surface area (Å²) in [5, 5.41) is 12.8. The molecule has 0 aliphatic carbocycles. The van der Waals surface area contributed by atoms with Gasteiger partial charge in [-0.3, -0.25) is 19.8 Å². The van der Waals surface area contributed by atoms with Crippen molar-refractivity contribution in [2.45, 2.75) is 0 Å². The van der Waals surface area contributed by atoms with E-state index in [-0.39, 0.29) is 12.1 Å². The summed E-state index contributed by atoms with van der Waals surface area (Å²) in [6.07, 6.45) is 0. The number of carbonyl (C=O) groups excluding carboxylic acids is 2. The van der Waals surface area contributed by atoms with Crippen LogP contribution in [0.1, 0.15) is 10.4 Å². The molecule has 0 bridgehead atoms. The molecule has 0 radical (unpaired) electrons. The summed E-state index contributed by atoms with van der Waals surface area (Å²) in [5.41, 5.74) is -0.812. The summed E-state index contributed by atoms with van der Waals surface area (Å²) in [7, 11) is 0. The highest BCUT2D eigenvalue weighted by Gasteiger charge is 2.28. The van der Waals surface area contributed by atoms with Crippen molar-refractivity contribution in [3.63, 3.8) is 0 Å². The minimum absolute atomic E-state index is 0.102. The Hall–Kier alpha value is -2.51. The maximum Gasteiger partial charge on any atom is 0.324 e. The van der Waals surface area contributed by atoms with Crippen molar-refractivity contribution in [3.8, 4) is 0 Å². The van der Waals surface area contributed by atoms with Crippen LogP contribution in [0.5, 0.6) is 0 Å². The number of amides is 3. The maximum atomic E-state index is 13.3. The average Bonchev–Trinajstić information content (AvgIpc) is 2.74. The molecule has 1 heterocycles. The number of carbonyl (C=O) groups is 2. The normalized spacial score (nSPS) is 14.5. The van der Waals surface area contributed by atoms with E-state index in [4.69, 9.17) is 0 Å². The molecule has 8 heteroatoms. The minimum atomic E-state index is -1.11. The standard InChI is InChI=1S/C10H8FN3O4/c11-7-5-6(1-2-8(7)14(17)18)9(15)13-4-3-12-10(13)16/h1-2,5H,3-4H2,(H,12,16). The number of hydrogen-bond acceptors (Lipinski definition) is 4. The Morgan fingerprint density at radius 1 is 1.50 bits per heavy atom. The number of benzene rings is 1. The second kappa shape index (κ2) is 4.40. The van der Waals surface area contributed by atoms with E-state index in [1.807, 2.05) is 0 Å². The highest BCUT2D eigenvalue weighted by molar-refractivity contribution is 6.05. The Kier molecular flexibility index (Phi) is 2.92. The van der Waals surface area contributed by atoms with E-state index in [1.165, 1.54) is 0 Å². The lowest BCUT2D eigenvalue weighted by molar-refractivity contribution is -0.387. The SMILES string of the molecule is O=C1NCCN1C(=O)c1ccc([N+](=O)[O-])c(F)c1. The molecule has 1 aliphatic heterocycles. The second-order valence-corrected chi connectivity index (χ2v) is 3.61. The number of halogens is 1. The van der Waals surface area contributed by atoms with Gasteiger partial charge in [-0.15, -0.1) is 0 Å². The van der Waals surface area contributed by atoms with Gasteiger partial charge in [0.2, 0.25) is 5.82 Å². The first-order valence-corrected chi connectivity index (χ1v) is 5.04. The lowest BCUT2D eigenvalue weighted by Gasteiger charge is -2.11. The number of nitrogens with one attached hydrogen (secondary N) is 1. The first-order chi connectivity index (χ1) is 8.50. The molecule has 0 atom stereocenters. The van der Waals surface area contributed by atoms with Crippen molar-refractivity contribution < 1.29 is 18.9 Å². The van der Waals surface area contributed by atoms with Crippen LogP contribution >= 0.6 is 0 Å². The molecule has 0 saturated carbocycles. The monoisotopic (exact) mass is 253 g/mol. The van der Waals surface area contributed by atoms with Crippen molar-refractivity contribution in [1.29, 1.82) is 0 Å². The molecule has 3 amide bonds. The third-order valence-electron chi connectivity index (χ3n) is 2.49. The lowest BCUT2D eigenvalue weighted by atomic mass is 10.1. The molecule has 2 rings (SSSR count). The highest BCUT2D eigenvalue weighted by atomic mass is 19.1. The zero-order valence-corrected chi connectivity index (χ0v) is 9.05. The molecular formula is C10H8FN3O4. The molecule has 1 aromatic rings. The van der Waals surface area contributed by atoms with Crippen molar-refractivity contribution in [1.82, 2.24) is 10.2 Å². The smallest absolute Gasteiger partial charge is 0.324 e. The second-order valence-electron chi connectivity index (χ2n) is 3.61. The van der Waals surface area contributed by atoms with Gasteiger partial charge in [-0.05, 0) is 12.1 Å². The van der Waals surface area contributed by atoms with Gasteiger partial charge in [-0.2, -0.15) is 4.39 Å². The van der Waals surface area contributed by atoms with E-state index in [1.54, 1.807) is 0 Å². The van der Waals surface area contributed by atoms with Gasteiger partial charge < -0.3 is 5.32 Å². The molecule has 7 nitrogen and oxygen atoms in total. The molecule has 1 aromatic carbocycles. The molecule has 0 aromatic heterocycles. The Bertz CT molecular complexity index is 546. The summed E-state index contributed by atoms with van der Waals surface area (Å²) in [6, 6.07) is 2.22. The van der Waals surface area contributed by atoms with Crippen LogP contribution in [0.2, 0.25) is 0 Å². The minimum Gasteiger partial charge on any atom is -0.336 e. The molecule has 18 heavy (non-hydrogen) atoms. The summed E-state index contributed by atoms with van der Waals surface area (Å²) in [6.45, 7) is 0.524. The van der Waals surface area contributed by atoms with Crippen LogP contribution in [0, 0.1) is 15.9 Å². The fourth-order valence-corrected chi connectivity index (χ4v) is 1.61. The largest absolute Gasteiger partial charge is 0.336 e. The van der Waals surface area contributed by atoms with Crippen molar-refractivity contribution in [2.75, 3.05) is 13.1 Å². The van der Waals surface area contributed by atoms with Crippen LogP contribution < -0.4 is 5.32 Å². The fraction of sp³-hybridized carbons (Fsp3) is 0.200. The van der Waals surface area contributed by atoms with Crippen LogP contribution in [-0.4, -0.2) is 34.9 Å². The van der Waals surface area contributed by atoms with Gasteiger partial charge in [0.05, 0.1) is 4.92 Å². The zero-order chi connectivity index (χ0) is 13.3. The van der Waals surface area contributed by atoms with E-state index in [9.17, 15) is 24.1 Å². The maximum absolute atomic E-state index is 13.3. The van der Waals surface area contributed by atoms with Gasteiger partial charge in [-0.25, -0.2) is 4.79 Å². The van der Waals surface area contributed by atoms with E-state index >= 15 is 0 Å². The summed E-state index contributed by atoms with van der Waals surface area (Å²) in [4.78, 5) is 33.5. The van der Waals surface area contributed by atoms with Gasteiger partial charge in [-0.1, -0.05) is 0 Å². The first-order valence-electron chi connectivity index (χ1n) is 5.04. The topological polar surface area (TPSA) is 92.6 Å². The van der Waals surface area contributed by atoms with Crippen molar-refractivity contribution in [2.24, 2.45) is 0 Å². The Balaban J connectivity index is 2.29. The van der Waals surface area contributed by atoms with Gasteiger partial charge in [0.15, 0.2) is 0 Å². The quantitative estimate of drug-likeness (QED) is 0.626. The number of hydrogen-bond donors (Lipinski definition) is 1. The van der Waals surface area contributed by atoms with Crippen LogP contribution in [0.25, 0.3) is 0 Å². The Morgan fingerprint density at radius 3 is 2.72 bits per heavy atom. The fourth-order valence-electron chi connectivity index (χ4n) is 1.61. The molecule has 0 unspecified atom stereocenters. The number of rotatable bonds is 2. The van der Waals surface area contributed by atoms with Crippen LogP contribution in [0.3, 0.4) is 0 Å². The van der Waals surface area contributed by atoms with Gasteiger partial charge in [0, 0.05) is 24.7 Å². The van der Waals surface area contributed by atoms with Gasteiger partial charge in [0.1, 0.15) is 0 Å². The molecule has 1 N–H and O–H groups in total. The van der Waals surface area contributed by atoms with E-state index in [2.05, 4.69) is 5.32 Å². The third kappa shape index (κ3) is 1.99. The Labute approximate surface area is 100 Å². The molecular weight excluding hydrogens is 245 g/mol. The number of nitro groups is 1. The molecule has 1 saturated heterocycles. The first kappa shape index (κ1) is 12.0. The molecule has 1 fully saturated rings. The zero-order valence-electron chi connectivity index (χ0n) is 9.05. The summed E-state index contributed by atoms with van der Waals surface area (Å²) >= 11 is 0. The van der Waals surface area contributed by atoms with Gasteiger partial charge >= 0.3 is 11.7 Å². The number of urea groups is 1. The number of imide groups is 1. The van der Waals surface area contributed by atoms with Crippen LogP contribution in [0.15, 0.2) is 18.2 Å². The van der Waals surface area contributed by atoms with E-state index in [0.29, 0.717) is 6.54 Å². The van der Waals surface area contributed by atoms with Crippen LogP contribution in [-0.2, 0) is 0 Å². The number of nitrogens with zero attached hydrogens (tertiary/aromatic N) is 2. The van der Waals surface area contributed by atoms with Crippen LogP contribution in [0.4, 0.5) is 14.9 Å². The van der Waals surface area contributed by atoms with E-state index < -0.39 is 28.4 Å². The van der Waals surface area contributed by atoms with Crippen molar-refractivity contribution in [3.05, 3.63) is 39.7 Å². The van der Waals surface area contributed by atoms with Gasteiger partial charge in [0.25, 0.3) is 5.91 Å². The predicted octanol–water partition coefficient (Wildman–Crippen LogP) is 0.899. The summed E-state index contributed by atoms with van der Waals surface area (Å²) in [5.74, 6) is -1.79.